The zero-order chi connectivity index (χ0) is 25.3. The van der Waals surface area contributed by atoms with Crippen LogP contribution in [0.25, 0.3) is 0 Å². The smallest absolute Gasteiger partial charge is 0.240 e. The molecule has 0 aliphatic rings. The summed E-state index contributed by atoms with van der Waals surface area (Å²) in [5.41, 5.74) is 2.87. The number of ether oxygens (including phenoxy) is 2. The fraction of sp³-hybridized carbons (Fsp3) is 0.296. The molecule has 0 heterocycles. The van der Waals surface area contributed by atoms with Gasteiger partial charge < -0.3 is 14.8 Å². The van der Waals surface area contributed by atoms with Crippen LogP contribution in [0.2, 0.25) is 0 Å². The van der Waals surface area contributed by atoms with Gasteiger partial charge in [0.15, 0.2) is 11.5 Å². The van der Waals surface area contributed by atoms with Gasteiger partial charge in [0.25, 0.3) is 0 Å². The summed E-state index contributed by atoms with van der Waals surface area (Å²) in [6.45, 7) is 2.23. The topological polar surface area (TPSA) is 93.7 Å². The lowest BCUT2D eigenvalue weighted by Crippen LogP contribution is -2.27. The van der Waals surface area contributed by atoms with Crippen molar-refractivity contribution in [2.45, 2.75) is 37.1 Å². The van der Waals surface area contributed by atoms with Crippen molar-refractivity contribution in [3.8, 4) is 11.5 Å². The summed E-state index contributed by atoms with van der Waals surface area (Å²) in [6, 6.07) is 21.7. The van der Waals surface area contributed by atoms with Crippen molar-refractivity contribution < 1.29 is 22.7 Å². The number of sulfonamides is 1. The molecule has 0 saturated heterocycles. The highest BCUT2D eigenvalue weighted by molar-refractivity contribution is 7.89. The third-order valence-corrected chi connectivity index (χ3v) is 7.18. The quantitative estimate of drug-likeness (QED) is 0.395. The number of carbonyl (C=O) groups is 1. The normalized spacial score (nSPS) is 12.1. The number of aryl methyl sites for hydroxylation is 1. The van der Waals surface area contributed by atoms with Crippen molar-refractivity contribution in [1.29, 1.82) is 0 Å². The summed E-state index contributed by atoms with van der Waals surface area (Å²) in [6.07, 6.45) is 1.42. The highest BCUT2D eigenvalue weighted by Gasteiger charge is 2.15. The Morgan fingerprint density at radius 3 is 2.17 bits per heavy atom. The molecule has 186 valence electrons. The van der Waals surface area contributed by atoms with Crippen LogP contribution in [0.15, 0.2) is 77.7 Å². The molecule has 8 heteroatoms. The SMILES string of the molecule is COc1ccc([C@@H](C)NC(=O)CCc2ccc(S(=O)(=O)NCCc3ccccc3)cc2)cc1OC. The van der Waals surface area contributed by atoms with Crippen molar-refractivity contribution in [1.82, 2.24) is 10.0 Å². The Hall–Kier alpha value is -3.36. The Bertz CT molecular complexity index is 1210. The van der Waals surface area contributed by atoms with E-state index in [0.717, 1.165) is 16.7 Å². The second kappa shape index (κ2) is 12.4. The van der Waals surface area contributed by atoms with Gasteiger partial charge in [-0.05, 0) is 60.7 Å². The molecule has 0 spiro atoms. The number of methoxy groups -OCH3 is 2. The van der Waals surface area contributed by atoms with Gasteiger partial charge in [-0.25, -0.2) is 13.1 Å². The van der Waals surface area contributed by atoms with Crippen LogP contribution in [0.1, 0.15) is 36.1 Å². The second-order valence-electron chi connectivity index (χ2n) is 8.18. The predicted molar refractivity (Wildman–Crippen MR) is 136 cm³/mol. The Morgan fingerprint density at radius 1 is 0.857 bits per heavy atom. The van der Waals surface area contributed by atoms with Gasteiger partial charge >= 0.3 is 0 Å². The first-order valence-corrected chi connectivity index (χ1v) is 12.9. The maximum Gasteiger partial charge on any atom is 0.240 e. The molecule has 3 rings (SSSR count). The van der Waals surface area contributed by atoms with Crippen LogP contribution in [-0.4, -0.2) is 35.1 Å². The number of rotatable bonds is 12. The minimum Gasteiger partial charge on any atom is -0.493 e. The summed E-state index contributed by atoms with van der Waals surface area (Å²) >= 11 is 0. The molecule has 1 amide bonds. The monoisotopic (exact) mass is 496 g/mol. The van der Waals surface area contributed by atoms with Gasteiger partial charge in [-0.1, -0.05) is 48.5 Å². The van der Waals surface area contributed by atoms with E-state index < -0.39 is 10.0 Å². The van der Waals surface area contributed by atoms with E-state index in [9.17, 15) is 13.2 Å². The number of amides is 1. The third kappa shape index (κ3) is 7.56. The molecule has 0 aliphatic carbocycles. The Morgan fingerprint density at radius 2 is 1.51 bits per heavy atom. The lowest BCUT2D eigenvalue weighted by Gasteiger charge is -2.16. The molecule has 0 unspecified atom stereocenters. The van der Waals surface area contributed by atoms with Gasteiger partial charge in [-0.2, -0.15) is 0 Å². The van der Waals surface area contributed by atoms with Gasteiger partial charge in [0, 0.05) is 13.0 Å². The summed E-state index contributed by atoms with van der Waals surface area (Å²) in [4.78, 5) is 12.7. The molecule has 1 atom stereocenters. The Balaban J connectivity index is 1.49. The first-order valence-electron chi connectivity index (χ1n) is 11.5. The van der Waals surface area contributed by atoms with Crippen molar-refractivity contribution in [3.05, 3.63) is 89.5 Å². The van der Waals surface area contributed by atoms with Crippen LogP contribution in [0.5, 0.6) is 11.5 Å². The molecular formula is C27H32N2O5S. The fourth-order valence-electron chi connectivity index (χ4n) is 3.67. The molecule has 3 aromatic rings. The minimum absolute atomic E-state index is 0.0911. The number of nitrogens with one attached hydrogen (secondary N) is 2. The van der Waals surface area contributed by atoms with Crippen LogP contribution in [0.4, 0.5) is 0 Å². The highest BCUT2D eigenvalue weighted by Crippen LogP contribution is 2.29. The summed E-state index contributed by atoms with van der Waals surface area (Å²) in [5.74, 6) is 1.15. The van der Waals surface area contributed by atoms with Gasteiger partial charge in [0.2, 0.25) is 15.9 Å². The Kier molecular flexibility index (Phi) is 9.28. The van der Waals surface area contributed by atoms with Crippen LogP contribution < -0.4 is 19.5 Å². The van der Waals surface area contributed by atoms with Gasteiger partial charge in [0.1, 0.15) is 0 Å². The molecule has 0 aromatic heterocycles. The molecule has 3 aromatic carbocycles. The molecule has 0 radical (unpaired) electrons. The van der Waals surface area contributed by atoms with E-state index in [0.29, 0.717) is 37.3 Å². The van der Waals surface area contributed by atoms with Gasteiger partial charge in [0.05, 0.1) is 25.2 Å². The van der Waals surface area contributed by atoms with E-state index in [2.05, 4.69) is 10.0 Å². The van der Waals surface area contributed by atoms with E-state index >= 15 is 0 Å². The number of hydrogen-bond donors (Lipinski definition) is 2. The lowest BCUT2D eigenvalue weighted by atomic mass is 10.1. The van der Waals surface area contributed by atoms with Crippen molar-refractivity contribution in [3.63, 3.8) is 0 Å². The number of hydrogen-bond acceptors (Lipinski definition) is 5. The van der Waals surface area contributed by atoms with Crippen molar-refractivity contribution >= 4 is 15.9 Å². The largest absolute Gasteiger partial charge is 0.493 e. The first-order chi connectivity index (χ1) is 16.8. The second-order valence-corrected chi connectivity index (χ2v) is 9.95. The maximum atomic E-state index is 12.5. The fourth-order valence-corrected chi connectivity index (χ4v) is 4.70. The van der Waals surface area contributed by atoms with Crippen LogP contribution >= 0.6 is 0 Å². The first kappa shape index (κ1) is 26.2. The predicted octanol–water partition coefficient (Wildman–Crippen LogP) is 4.03. The van der Waals surface area contributed by atoms with Crippen LogP contribution in [0.3, 0.4) is 0 Å². The van der Waals surface area contributed by atoms with Crippen molar-refractivity contribution in [2.75, 3.05) is 20.8 Å². The molecule has 35 heavy (non-hydrogen) atoms. The Labute approximate surface area is 207 Å². The molecule has 0 fully saturated rings. The molecule has 7 nitrogen and oxygen atoms in total. The molecule has 0 aliphatic heterocycles. The average Bonchev–Trinajstić information content (AvgIpc) is 2.87. The number of carbonyl (C=O) groups excluding carboxylic acids is 1. The lowest BCUT2D eigenvalue weighted by molar-refractivity contribution is -0.121. The van der Waals surface area contributed by atoms with E-state index in [4.69, 9.17) is 9.47 Å². The standard InChI is InChI=1S/C27H32N2O5S/c1-20(23-12-15-25(33-2)26(19-23)34-3)29-27(30)16-11-22-9-13-24(14-10-22)35(31,32)28-18-17-21-7-5-4-6-8-21/h4-10,12-15,19-20,28H,11,16-18H2,1-3H3,(H,29,30)/t20-/m1/s1. The molecular weight excluding hydrogens is 464 g/mol. The summed E-state index contributed by atoms with van der Waals surface area (Å²) in [5, 5.41) is 2.99. The van der Waals surface area contributed by atoms with Crippen LogP contribution in [-0.2, 0) is 27.7 Å². The van der Waals surface area contributed by atoms with Crippen molar-refractivity contribution in [2.24, 2.45) is 0 Å². The van der Waals surface area contributed by atoms with E-state index in [1.807, 2.05) is 55.5 Å². The van der Waals surface area contributed by atoms with E-state index in [-0.39, 0.29) is 16.8 Å². The highest BCUT2D eigenvalue weighted by atomic mass is 32.2. The average molecular weight is 497 g/mol. The van der Waals surface area contributed by atoms with Gasteiger partial charge in [-0.3, -0.25) is 4.79 Å². The van der Waals surface area contributed by atoms with Crippen LogP contribution in [0, 0.1) is 0 Å². The zero-order valence-electron chi connectivity index (χ0n) is 20.3. The zero-order valence-corrected chi connectivity index (χ0v) is 21.1. The van der Waals surface area contributed by atoms with E-state index in [1.165, 1.54) is 0 Å². The summed E-state index contributed by atoms with van der Waals surface area (Å²) in [7, 11) is -0.436. The molecule has 0 bridgehead atoms. The minimum atomic E-state index is -3.58. The number of benzene rings is 3. The molecule has 2 N–H and O–H groups in total. The third-order valence-electron chi connectivity index (χ3n) is 5.71. The summed E-state index contributed by atoms with van der Waals surface area (Å²) < 4.78 is 38.3. The maximum absolute atomic E-state index is 12.5. The van der Waals surface area contributed by atoms with E-state index in [1.54, 1.807) is 38.5 Å². The molecule has 0 saturated carbocycles. The van der Waals surface area contributed by atoms with Gasteiger partial charge in [-0.15, -0.1) is 0 Å².